The predicted octanol–water partition coefficient (Wildman–Crippen LogP) is 0.206. The maximum Gasteiger partial charge on any atom is 0.346 e. The predicted molar refractivity (Wildman–Crippen MR) is 65.1 cm³/mol. The lowest BCUT2D eigenvalue weighted by Crippen LogP contribution is -2.26. The van der Waals surface area contributed by atoms with Crippen molar-refractivity contribution in [3.05, 3.63) is 21.0 Å². The number of rotatable bonds is 7. The lowest BCUT2D eigenvalue weighted by molar-refractivity contribution is 0.143. The van der Waals surface area contributed by atoms with Crippen LogP contribution in [0.1, 0.15) is 39.0 Å². The van der Waals surface area contributed by atoms with E-state index in [0.717, 1.165) is 30.3 Å². The molecule has 17 heavy (non-hydrogen) atoms. The minimum absolute atomic E-state index is 0.349. The van der Waals surface area contributed by atoms with E-state index in [9.17, 15) is 14.7 Å². The summed E-state index contributed by atoms with van der Waals surface area (Å²) in [5.41, 5.74) is -0.786. The Morgan fingerprint density at radius 1 is 1.29 bits per heavy atom. The molecule has 0 amide bonds. The van der Waals surface area contributed by atoms with Crippen LogP contribution in [0, 0.1) is 0 Å². The van der Waals surface area contributed by atoms with Gasteiger partial charge in [0.15, 0.2) is 0 Å². The number of aromatic amines is 1. The molecule has 1 aromatic rings. The molecular formula is C11H21N3O3. The van der Waals surface area contributed by atoms with E-state index in [1.807, 2.05) is 0 Å². The van der Waals surface area contributed by atoms with Crippen LogP contribution in [0.3, 0.4) is 0 Å². The van der Waals surface area contributed by atoms with Crippen LogP contribution in [0.25, 0.3) is 0 Å². The van der Waals surface area contributed by atoms with E-state index in [1.165, 1.54) is 11.7 Å². The zero-order chi connectivity index (χ0) is 12.8. The average Bonchev–Trinajstić information content (AvgIpc) is 2.54. The Hall–Kier alpha value is -1.30. The summed E-state index contributed by atoms with van der Waals surface area (Å²) in [6.45, 7) is 2.46. The zero-order valence-electron chi connectivity index (χ0n) is 10.5. The first-order chi connectivity index (χ1) is 8.06. The van der Waals surface area contributed by atoms with Gasteiger partial charge >= 0.3 is 11.4 Å². The van der Waals surface area contributed by atoms with Gasteiger partial charge in [-0.3, -0.25) is 0 Å². The molecule has 0 spiro atoms. The highest BCUT2D eigenvalue weighted by Gasteiger charge is 2.08. The van der Waals surface area contributed by atoms with Crippen LogP contribution in [-0.4, -0.2) is 25.6 Å². The highest BCUT2D eigenvalue weighted by Crippen LogP contribution is 2.06. The van der Waals surface area contributed by atoms with Crippen molar-refractivity contribution in [2.45, 2.75) is 51.7 Å². The number of aliphatic hydroxyl groups excluding tert-OH is 1. The van der Waals surface area contributed by atoms with Crippen molar-refractivity contribution in [1.82, 2.24) is 14.3 Å². The third-order valence-corrected chi connectivity index (χ3v) is 2.88. The molecule has 0 saturated heterocycles. The van der Waals surface area contributed by atoms with Gasteiger partial charge in [-0.1, -0.05) is 26.2 Å². The lowest BCUT2D eigenvalue weighted by atomic mass is 10.1. The van der Waals surface area contributed by atoms with Gasteiger partial charge in [-0.15, -0.1) is 0 Å². The van der Waals surface area contributed by atoms with Crippen LogP contribution in [0.4, 0.5) is 0 Å². The van der Waals surface area contributed by atoms with Crippen molar-refractivity contribution in [2.24, 2.45) is 7.05 Å². The molecule has 1 atom stereocenters. The molecule has 0 fully saturated rings. The van der Waals surface area contributed by atoms with E-state index in [0.29, 0.717) is 13.0 Å². The van der Waals surface area contributed by atoms with E-state index >= 15 is 0 Å². The molecule has 0 saturated carbocycles. The monoisotopic (exact) mass is 243 g/mol. The summed E-state index contributed by atoms with van der Waals surface area (Å²) in [5.74, 6) is 0. The maximum atomic E-state index is 11.5. The Labute approximate surface area is 99.9 Å². The summed E-state index contributed by atoms with van der Waals surface area (Å²) in [6.07, 6.45) is 4.07. The molecule has 0 aliphatic rings. The molecule has 1 heterocycles. The van der Waals surface area contributed by atoms with Crippen LogP contribution >= 0.6 is 0 Å². The number of unbranched alkanes of at least 4 members (excludes halogenated alkanes) is 2. The maximum absolute atomic E-state index is 11.5. The first kappa shape index (κ1) is 13.8. The first-order valence-electron chi connectivity index (χ1n) is 6.10. The molecular weight excluding hydrogens is 222 g/mol. The van der Waals surface area contributed by atoms with Gasteiger partial charge in [-0.25, -0.2) is 23.9 Å². The highest BCUT2D eigenvalue weighted by molar-refractivity contribution is 4.68. The van der Waals surface area contributed by atoms with Gasteiger partial charge in [0.2, 0.25) is 0 Å². The summed E-state index contributed by atoms with van der Waals surface area (Å²) in [6, 6.07) is 0. The van der Waals surface area contributed by atoms with Crippen LogP contribution < -0.4 is 11.4 Å². The molecule has 0 bridgehead atoms. The van der Waals surface area contributed by atoms with E-state index < -0.39 is 11.8 Å². The third-order valence-electron chi connectivity index (χ3n) is 2.88. The molecule has 0 aromatic carbocycles. The van der Waals surface area contributed by atoms with Gasteiger partial charge in [0.05, 0.1) is 6.10 Å². The molecule has 1 unspecified atom stereocenters. The third kappa shape index (κ3) is 3.89. The lowest BCUT2D eigenvalue weighted by Gasteiger charge is -2.09. The van der Waals surface area contributed by atoms with Crippen molar-refractivity contribution in [3.8, 4) is 0 Å². The molecule has 1 aromatic heterocycles. The molecule has 0 radical (unpaired) electrons. The Bertz CT molecular complexity index is 444. The second kappa shape index (κ2) is 6.44. The molecule has 1 rings (SSSR count). The van der Waals surface area contributed by atoms with Gasteiger partial charge < -0.3 is 5.11 Å². The summed E-state index contributed by atoms with van der Waals surface area (Å²) in [5, 5.41) is 12.1. The number of nitrogens with zero attached hydrogens (tertiary/aromatic N) is 2. The van der Waals surface area contributed by atoms with Gasteiger partial charge in [-0.2, -0.15) is 0 Å². The number of aliphatic hydroxyl groups is 1. The van der Waals surface area contributed by atoms with E-state index in [4.69, 9.17) is 0 Å². The van der Waals surface area contributed by atoms with Crippen LogP contribution in [0.15, 0.2) is 9.59 Å². The minimum Gasteiger partial charge on any atom is -0.393 e. The van der Waals surface area contributed by atoms with Gasteiger partial charge in [0, 0.05) is 13.6 Å². The molecule has 0 aliphatic heterocycles. The smallest absolute Gasteiger partial charge is 0.346 e. The van der Waals surface area contributed by atoms with E-state index in [1.54, 1.807) is 0 Å². The second-order valence-electron chi connectivity index (χ2n) is 4.35. The largest absolute Gasteiger partial charge is 0.393 e. The average molecular weight is 243 g/mol. The summed E-state index contributed by atoms with van der Waals surface area (Å²) in [7, 11) is 1.43. The standard InChI is InChI=1S/C11H21N3O3/c1-3-4-5-6-9(15)7-8-14-11(17)13(2)10(16)12-14/h9,15H,3-8H2,1-2H3,(H,12,16). The normalized spacial score (nSPS) is 12.9. The Morgan fingerprint density at radius 2 is 2.00 bits per heavy atom. The molecule has 6 nitrogen and oxygen atoms in total. The van der Waals surface area contributed by atoms with Crippen molar-refractivity contribution in [1.29, 1.82) is 0 Å². The molecule has 6 heteroatoms. The second-order valence-corrected chi connectivity index (χ2v) is 4.35. The fourth-order valence-electron chi connectivity index (χ4n) is 1.71. The van der Waals surface area contributed by atoms with Crippen molar-refractivity contribution >= 4 is 0 Å². The molecule has 98 valence electrons. The quantitative estimate of drug-likeness (QED) is 0.672. The molecule has 2 N–H and O–H groups in total. The number of nitrogens with one attached hydrogen (secondary N) is 1. The Balaban J connectivity index is 2.42. The topological polar surface area (TPSA) is 80.0 Å². The number of aromatic nitrogens is 3. The van der Waals surface area contributed by atoms with Crippen LogP contribution in [0.5, 0.6) is 0 Å². The van der Waals surface area contributed by atoms with Crippen LogP contribution in [-0.2, 0) is 13.6 Å². The van der Waals surface area contributed by atoms with Gasteiger partial charge in [-0.05, 0) is 12.8 Å². The fourth-order valence-corrected chi connectivity index (χ4v) is 1.71. The molecule has 0 aliphatic carbocycles. The van der Waals surface area contributed by atoms with Crippen molar-refractivity contribution in [3.63, 3.8) is 0 Å². The number of hydrogen-bond donors (Lipinski definition) is 2. The Morgan fingerprint density at radius 3 is 2.53 bits per heavy atom. The number of aryl methyl sites for hydroxylation is 1. The minimum atomic E-state index is -0.421. The fraction of sp³-hybridized carbons (Fsp3) is 0.818. The highest BCUT2D eigenvalue weighted by atomic mass is 16.3. The van der Waals surface area contributed by atoms with E-state index in [-0.39, 0.29) is 5.69 Å². The van der Waals surface area contributed by atoms with Gasteiger partial charge in [0.1, 0.15) is 0 Å². The SMILES string of the molecule is CCCCCC(O)CCn1[nH]c(=O)n(C)c1=O. The summed E-state index contributed by atoms with van der Waals surface area (Å²) >= 11 is 0. The summed E-state index contributed by atoms with van der Waals surface area (Å²) < 4.78 is 2.26. The van der Waals surface area contributed by atoms with Crippen molar-refractivity contribution in [2.75, 3.05) is 0 Å². The summed E-state index contributed by atoms with van der Waals surface area (Å²) in [4.78, 5) is 22.6. The van der Waals surface area contributed by atoms with E-state index in [2.05, 4.69) is 12.0 Å². The first-order valence-corrected chi connectivity index (χ1v) is 6.10. The number of H-pyrrole nitrogens is 1. The van der Waals surface area contributed by atoms with Crippen LogP contribution in [0.2, 0.25) is 0 Å². The van der Waals surface area contributed by atoms with Crippen molar-refractivity contribution < 1.29 is 5.11 Å². The Kier molecular flexibility index (Phi) is 5.21. The number of hydrogen-bond acceptors (Lipinski definition) is 3. The van der Waals surface area contributed by atoms with Gasteiger partial charge in [0.25, 0.3) is 0 Å². The zero-order valence-corrected chi connectivity index (χ0v) is 10.5.